The summed E-state index contributed by atoms with van der Waals surface area (Å²) in [6.45, 7) is 1.72. The molecule has 0 aliphatic carbocycles. The maximum Gasteiger partial charge on any atom is 0.418 e. The number of aromatic nitrogens is 3. The van der Waals surface area contributed by atoms with Gasteiger partial charge in [0, 0.05) is 6.54 Å². The summed E-state index contributed by atoms with van der Waals surface area (Å²) in [4.78, 5) is 12.2. The van der Waals surface area contributed by atoms with Gasteiger partial charge in [-0.15, -0.1) is 5.10 Å². The van der Waals surface area contributed by atoms with Crippen molar-refractivity contribution in [2.75, 3.05) is 0 Å². The number of para-hydroxylation sites is 1. The topological polar surface area (TPSA) is 59.8 Å². The van der Waals surface area contributed by atoms with E-state index in [4.69, 9.17) is 0 Å². The van der Waals surface area contributed by atoms with Crippen LogP contribution >= 0.6 is 0 Å². The number of alkyl halides is 3. The monoisotopic (exact) mass is 378 g/mol. The molecule has 1 heterocycles. The van der Waals surface area contributed by atoms with Crippen LogP contribution in [0.15, 0.2) is 48.7 Å². The van der Waals surface area contributed by atoms with Crippen molar-refractivity contribution < 1.29 is 22.4 Å². The van der Waals surface area contributed by atoms with Gasteiger partial charge in [0.15, 0.2) is 5.69 Å². The normalized spacial score (nSPS) is 11.4. The van der Waals surface area contributed by atoms with E-state index >= 15 is 0 Å². The van der Waals surface area contributed by atoms with E-state index in [1.165, 1.54) is 30.3 Å². The van der Waals surface area contributed by atoms with E-state index in [9.17, 15) is 22.4 Å². The Labute approximate surface area is 151 Å². The lowest BCUT2D eigenvalue weighted by molar-refractivity contribution is -0.137. The van der Waals surface area contributed by atoms with Crippen molar-refractivity contribution in [1.82, 2.24) is 20.3 Å². The smallest absolute Gasteiger partial charge is 0.347 e. The van der Waals surface area contributed by atoms with Gasteiger partial charge in [0.1, 0.15) is 5.82 Å². The quantitative estimate of drug-likeness (QED) is 0.705. The van der Waals surface area contributed by atoms with Crippen LogP contribution in [0.5, 0.6) is 0 Å². The molecule has 3 rings (SSSR count). The van der Waals surface area contributed by atoms with Crippen molar-refractivity contribution in [3.05, 3.63) is 76.9 Å². The number of aryl methyl sites for hydroxylation is 1. The van der Waals surface area contributed by atoms with Crippen LogP contribution in [-0.4, -0.2) is 20.9 Å². The average Bonchev–Trinajstić information content (AvgIpc) is 3.12. The molecule has 140 valence electrons. The molecule has 27 heavy (non-hydrogen) atoms. The second-order valence-corrected chi connectivity index (χ2v) is 5.83. The molecule has 0 aliphatic heterocycles. The Bertz CT molecular complexity index is 981. The van der Waals surface area contributed by atoms with Crippen molar-refractivity contribution in [2.24, 2.45) is 0 Å². The summed E-state index contributed by atoms with van der Waals surface area (Å²) in [7, 11) is 0. The van der Waals surface area contributed by atoms with Crippen LogP contribution in [0.2, 0.25) is 0 Å². The minimum atomic E-state index is -4.56. The molecule has 0 bridgehead atoms. The molecule has 0 saturated heterocycles. The van der Waals surface area contributed by atoms with Crippen LogP contribution in [0.3, 0.4) is 0 Å². The lowest BCUT2D eigenvalue weighted by Gasteiger charge is -2.11. The zero-order valence-corrected chi connectivity index (χ0v) is 14.1. The summed E-state index contributed by atoms with van der Waals surface area (Å²) in [5.74, 6) is -0.955. The van der Waals surface area contributed by atoms with Crippen molar-refractivity contribution in [3.63, 3.8) is 0 Å². The van der Waals surface area contributed by atoms with Crippen LogP contribution in [0.25, 0.3) is 5.69 Å². The number of hydrogen-bond acceptors (Lipinski definition) is 3. The van der Waals surface area contributed by atoms with E-state index in [1.54, 1.807) is 13.0 Å². The second kappa shape index (κ2) is 7.18. The van der Waals surface area contributed by atoms with Crippen molar-refractivity contribution in [2.45, 2.75) is 19.6 Å². The highest BCUT2D eigenvalue weighted by Crippen LogP contribution is 2.33. The van der Waals surface area contributed by atoms with Crippen LogP contribution < -0.4 is 5.32 Å². The molecule has 0 spiro atoms. The van der Waals surface area contributed by atoms with Crippen molar-refractivity contribution in [3.8, 4) is 5.69 Å². The number of halogens is 4. The minimum absolute atomic E-state index is 0.117. The lowest BCUT2D eigenvalue weighted by atomic mass is 10.1. The van der Waals surface area contributed by atoms with Gasteiger partial charge in [-0.1, -0.05) is 29.5 Å². The predicted molar refractivity (Wildman–Crippen MR) is 88.7 cm³/mol. The lowest BCUT2D eigenvalue weighted by Crippen LogP contribution is -2.23. The molecule has 1 aromatic heterocycles. The highest BCUT2D eigenvalue weighted by atomic mass is 19.4. The Kier molecular flexibility index (Phi) is 4.93. The van der Waals surface area contributed by atoms with Gasteiger partial charge in [0.2, 0.25) is 0 Å². The number of nitrogens with one attached hydrogen (secondary N) is 1. The van der Waals surface area contributed by atoms with Gasteiger partial charge in [0.25, 0.3) is 5.91 Å². The minimum Gasteiger partial charge on any atom is -0.347 e. The van der Waals surface area contributed by atoms with E-state index in [1.807, 2.05) is 0 Å². The highest BCUT2D eigenvalue weighted by molar-refractivity contribution is 5.91. The molecule has 9 heteroatoms. The molecule has 3 aromatic rings. The molecule has 2 aromatic carbocycles. The molecule has 0 fully saturated rings. The maximum atomic E-state index is 13.3. The Morgan fingerprint density at radius 3 is 2.63 bits per heavy atom. The molecular weight excluding hydrogens is 364 g/mol. The molecule has 0 atom stereocenters. The number of carbonyl (C=O) groups is 1. The van der Waals surface area contributed by atoms with E-state index < -0.39 is 17.6 Å². The average molecular weight is 378 g/mol. The predicted octanol–water partition coefficient (Wildman–Crippen LogP) is 3.66. The van der Waals surface area contributed by atoms with Gasteiger partial charge in [0.05, 0.1) is 17.4 Å². The molecule has 1 amide bonds. The third-order valence-corrected chi connectivity index (χ3v) is 3.86. The van der Waals surface area contributed by atoms with Gasteiger partial charge in [-0.3, -0.25) is 4.79 Å². The number of amides is 1. The summed E-state index contributed by atoms with van der Waals surface area (Å²) < 4.78 is 53.5. The summed E-state index contributed by atoms with van der Waals surface area (Å²) in [5.41, 5.74) is -0.131. The van der Waals surface area contributed by atoms with Crippen LogP contribution in [0.1, 0.15) is 27.2 Å². The Morgan fingerprint density at radius 2 is 1.93 bits per heavy atom. The molecule has 1 N–H and O–H groups in total. The van der Waals surface area contributed by atoms with Crippen molar-refractivity contribution in [1.29, 1.82) is 0 Å². The highest BCUT2D eigenvalue weighted by Gasteiger charge is 2.34. The fraction of sp³-hybridized carbons (Fsp3) is 0.167. The third kappa shape index (κ3) is 4.13. The molecule has 0 radical (unpaired) electrons. The molecular formula is C18H14F4N4O. The van der Waals surface area contributed by atoms with E-state index in [-0.39, 0.29) is 23.7 Å². The summed E-state index contributed by atoms with van der Waals surface area (Å²) in [6, 6.07) is 9.27. The Hall–Kier alpha value is -3.23. The van der Waals surface area contributed by atoms with Gasteiger partial charge in [-0.2, -0.15) is 13.2 Å². The molecule has 0 aliphatic rings. The van der Waals surface area contributed by atoms with E-state index in [2.05, 4.69) is 15.6 Å². The molecule has 0 saturated carbocycles. The summed E-state index contributed by atoms with van der Waals surface area (Å²) >= 11 is 0. The molecule has 0 unspecified atom stereocenters. The first kappa shape index (κ1) is 18.6. The molecule has 5 nitrogen and oxygen atoms in total. The van der Waals surface area contributed by atoms with Crippen LogP contribution in [0.4, 0.5) is 17.6 Å². The zero-order valence-electron chi connectivity index (χ0n) is 14.1. The SMILES string of the molecule is Cc1cc(CNC(=O)c2cn(-c3ccccc3C(F)(F)F)nn2)ccc1F. The zero-order chi connectivity index (χ0) is 19.6. The number of hydrogen-bond donors (Lipinski definition) is 1. The maximum absolute atomic E-state index is 13.3. The second-order valence-electron chi connectivity index (χ2n) is 5.83. The van der Waals surface area contributed by atoms with Gasteiger partial charge in [-0.25, -0.2) is 9.07 Å². The standard InChI is InChI=1S/C18H14F4N4O/c1-11-8-12(6-7-14(11)19)9-23-17(27)15-10-26(25-24-15)16-5-3-2-4-13(16)18(20,21)22/h2-8,10H,9H2,1H3,(H,23,27). The number of benzene rings is 2. The van der Waals surface area contributed by atoms with Gasteiger partial charge in [-0.05, 0) is 36.2 Å². The first-order valence-corrected chi connectivity index (χ1v) is 7.88. The summed E-state index contributed by atoms with van der Waals surface area (Å²) in [6.07, 6.45) is -3.44. The largest absolute Gasteiger partial charge is 0.418 e. The third-order valence-electron chi connectivity index (χ3n) is 3.86. The number of rotatable bonds is 4. The first-order chi connectivity index (χ1) is 12.8. The van der Waals surface area contributed by atoms with E-state index in [0.29, 0.717) is 11.1 Å². The summed E-state index contributed by atoms with van der Waals surface area (Å²) in [5, 5.41) is 9.82. The van der Waals surface area contributed by atoms with Gasteiger partial charge < -0.3 is 5.32 Å². The number of nitrogens with zero attached hydrogens (tertiary/aromatic N) is 3. The fourth-order valence-corrected chi connectivity index (χ4v) is 2.49. The fourth-order valence-electron chi connectivity index (χ4n) is 2.49. The Balaban J connectivity index is 1.76. The van der Waals surface area contributed by atoms with Crippen LogP contribution in [0, 0.1) is 12.7 Å². The number of carbonyl (C=O) groups excluding carboxylic acids is 1. The van der Waals surface area contributed by atoms with Gasteiger partial charge >= 0.3 is 6.18 Å². The van der Waals surface area contributed by atoms with E-state index in [0.717, 1.165) is 16.9 Å². The van der Waals surface area contributed by atoms with Crippen LogP contribution in [-0.2, 0) is 12.7 Å². The Morgan fingerprint density at radius 1 is 1.19 bits per heavy atom. The van der Waals surface area contributed by atoms with Crippen molar-refractivity contribution >= 4 is 5.91 Å². The first-order valence-electron chi connectivity index (χ1n) is 7.88.